The van der Waals surface area contributed by atoms with E-state index in [4.69, 9.17) is 0 Å². The number of carbonyl (C=O) groups excluding carboxylic acids is 1. The minimum Gasteiger partial charge on any atom is -0.322 e. The molecule has 0 radical (unpaired) electrons. The normalized spacial score (nSPS) is 11.5. The lowest BCUT2D eigenvalue weighted by Crippen LogP contribution is -2.14. The Kier molecular flexibility index (Phi) is 5.56. The maximum Gasteiger partial charge on any atom is 0.416 e. The minimum absolute atomic E-state index is 0.0301. The number of amides is 1. The molecule has 0 fully saturated rings. The fraction of sp³-hybridized carbons (Fsp3) is 0.0741. The molecule has 0 aliphatic carbocycles. The summed E-state index contributed by atoms with van der Waals surface area (Å²) in [7, 11) is 0. The highest BCUT2D eigenvalue weighted by molar-refractivity contribution is 6.06. The first kappa shape index (κ1) is 22.3. The third kappa shape index (κ3) is 4.50. The summed E-state index contributed by atoms with van der Waals surface area (Å²) in [6, 6.07) is 16.4. The lowest BCUT2D eigenvalue weighted by atomic mass is 9.95. The van der Waals surface area contributed by atoms with Crippen LogP contribution in [0.25, 0.3) is 27.6 Å². The Hall–Kier alpha value is -4.46. The van der Waals surface area contributed by atoms with Crippen molar-refractivity contribution >= 4 is 22.4 Å². The number of rotatable bonds is 4. The van der Waals surface area contributed by atoms with Gasteiger partial charge in [0.15, 0.2) is 0 Å². The number of imidazole rings is 1. The molecule has 2 heterocycles. The van der Waals surface area contributed by atoms with Gasteiger partial charge < -0.3 is 9.88 Å². The van der Waals surface area contributed by atoms with E-state index in [-0.39, 0.29) is 11.4 Å². The van der Waals surface area contributed by atoms with Crippen molar-refractivity contribution in [3.63, 3.8) is 0 Å². The Morgan fingerprint density at radius 2 is 1.77 bits per heavy atom. The standard InChI is InChI=1S/C27H19F3N4O/c1-17-6-7-18(10-24(17)25-15-32-14-19-4-2-3-5-23(19)25)26(35)33-21-11-20(27(28,29)30)12-22(13-21)34-9-8-31-16-34/h2-16H,1H3,(H,33,35). The number of pyridine rings is 1. The van der Waals surface area contributed by atoms with Crippen molar-refractivity contribution in [2.75, 3.05) is 5.32 Å². The van der Waals surface area contributed by atoms with Crippen LogP contribution in [0.15, 0.2) is 91.8 Å². The maximum absolute atomic E-state index is 13.5. The van der Waals surface area contributed by atoms with Crippen molar-refractivity contribution in [3.05, 3.63) is 108 Å². The predicted molar refractivity (Wildman–Crippen MR) is 128 cm³/mol. The molecule has 0 bridgehead atoms. The first-order valence-electron chi connectivity index (χ1n) is 10.8. The quantitative estimate of drug-likeness (QED) is 0.318. The lowest BCUT2D eigenvalue weighted by molar-refractivity contribution is -0.137. The molecule has 1 N–H and O–H groups in total. The second-order valence-corrected chi connectivity index (χ2v) is 8.13. The average Bonchev–Trinajstić information content (AvgIpc) is 3.38. The van der Waals surface area contributed by atoms with E-state index in [2.05, 4.69) is 15.3 Å². The highest BCUT2D eigenvalue weighted by atomic mass is 19.4. The van der Waals surface area contributed by atoms with Gasteiger partial charge in [0.25, 0.3) is 5.91 Å². The molecule has 3 aromatic carbocycles. The Morgan fingerprint density at radius 3 is 2.54 bits per heavy atom. The van der Waals surface area contributed by atoms with Crippen molar-refractivity contribution in [1.29, 1.82) is 0 Å². The van der Waals surface area contributed by atoms with Crippen LogP contribution in [0.5, 0.6) is 0 Å². The summed E-state index contributed by atoms with van der Waals surface area (Å²) in [5.74, 6) is -0.518. The van der Waals surface area contributed by atoms with Crippen LogP contribution in [0.3, 0.4) is 0 Å². The highest BCUT2D eigenvalue weighted by Gasteiger charge is 2.31. The van der Waals surface area contributed by atoms with E-state index in [0.29, 0.717) is 5.56 Å². The number of aromatic nitrogens is 3. The van der Waals surface area contributed by atoms with Crippen LogP contribution in [0.1, 0.15) is 21.5 Å². The zero-order valence-electron chi connectivity index (χ0n) is 18.5. The van der Waals surface area contributed by atoms with Gasteiger partial charge in [-0.25, -0.2) is 4.98 Å². The van der Waals surface area contributed by atoms with Gasteiger partial charge in [-0.3, -0.25) is 9.78 Å². The lowest BCUT2D eigenvalue weighted by Gasteiger charge is -2.15. The summed E-state index contributed by atoms with van der Waals surface area (Å²) in [6.45, 7) is 1.93. The zero-order valence-corrected chi connectivity index (χ0v) is 18.5. The molecule has 0 saturated heterocycles. The third-order valence-corrected chi connectivity index (χ3v) is 5.76. The molecule has 0 aliphatic heterocycles. The molecule has 8 heteroatoms. The molecule has 174 valence electrons. The first-order valence-corrected chi connectivity index (χ1v) is 10.8. The molecule has 35 heavy (non-hydrogen) atoms. The van der Waals surface area contributed by atoms with E-state index in [1.165, 1.54) is 29.4 Å². The summed E-state index contributed by atoms with van der Waals surface area (Å²) in [5, 5.41) is 4.58. The number of alkyl halides is 3. The second-order valence-electron chi connectivity index (χ2n) is 8.13. The fourth-order valence-electron chi connectivity index (χ4n) is 4.00. The molecule has 0 unspecified atom stereocenters. The molecule has 5 nitrogen and oxygen atoms in total. The number of aryl methyl sites for hydroxylation is 1. The van der Waals surface area contributed by atoms with Crippen molar-refractivity contribution in [2.45, 2.75) is 13.1 Å². The van der Waals surface area contributed by atoms with Crippen molar-refractivity contribution in [3.8, 4) is 16.8 Å². The van der Waals surface area contributed by atoms with Gasteiger partial charge in [0, 0.05) is 52.7 Å². The molecule has 0 spiro atoms. The number of benzene rings is 3. The monoisotopic (exact) mass is 472 g/mol. The molecule has 0 atom stereocenters. The summed E-state index contributed by atoms with van der Waals surface area (Å²) in [4.78, 5) is 21.3. The third-order valence-electron chi connectivity index (χ3n) is 5.76. The van der Waals surface area contributed by atoms with Crippen LogP contribution >= 0.6 is 0 Å². The van der Waals surface area contributed by atoms with Crippen LogP contribution in [0, 0.1) is 6.92 Å². The van der Waals surface area contributed by atoms with Gasteiger partial charge in [-0.05, 0) is 53.8 Å². The van der Waals surface area contributed by atoms with Gasteiger partial charge in [-0.1, -0.05) is 30.3 Å². The van der Waals surface area contributed by atoms with Crippen LogP contribution in [0.4, 0.5) is 18.9 Å². The summed E-state index contributed by atoms with van der Waals surface area (Å²) in [6.07, 6.45) is 3.34. The van der Waals surface area contributed by atoms with Crippen LogP contribution < -0.4 is 5.32 Å². The summed E-state index contributed by atoms with van der Waals surface area (Å²) >= 11 is 0. The predicted octanol–water partition coefficient (Wildman–Crippen LogP) is 6.67. The van der Waals surface area contributed by atoms with Crippen LogP contribution in [-0.2, 0) is 6.18 Å². The van der Waals surface area contributed by atoms with Crippen molar-refractivity contribution in [1.82, 2.24) is 14.5 Å². The van der Waals surface area contributed by atoms with Crippen molar-refractivity contribution < 1.29 is 18.0 Å². The Morgan fingerprint density at radius 1 is 0.943 bits per heavy atom. The van der Waals surface area contributed by atoms with E-state index < -0.39 is 17.6 Å². The number of hydrogen-bond acceptors (Lipinski definition) is 3. The number of nitrogens with zero attached hydrogens (tertiary/aromatic N) is 3. The van der Waals surface area contributed by atoms with Crippen molar-refractivity contribution in [2.24, 2.45) is 0 Å². The molecular weight excluding hydrogens is 453 g/mol. The smallest absolute Gasteiger partial charge is 0.322 e. The summed E-state index contributed by atoms with van der Waals surface area (Å²) in [5.41, 5.74) is 2.36. The number of carbonyl (C=O) groups is 1. The molecule has 2 aromatic heterocycles. The van der Waals surface area contributed by atoms with E-state index in [1.807, 2.05) is 37.3 Å². The maximum atomic E-state index is 13.5. The number of nitrogens with one attached hydrogen (secondary N) is 1. The number of fused-ring (bicyclic) bond motifs is 1. The van der Waals surface area contributed by atoms with Gasteiger partial charge in [-0.15, -0.1) is 0 Å². The fourth-order valence-corrected chi connectivity index (χ4v) is 4.00. The van der Waals surface area contributed by atoms with Crippen LogP contribution in [-0.4, -0.2) is 20.4 Å². The average molecular weight is 472 g/mol. The number of hydrogen-bond donors (Lipinski definition) is 1. The van der Waals surface area contributed by atoms with E-state index in [0.717, 1.165) is 39.6 Å². The van der Waals surface area contributed by atoms with Crippen LogP contribution in [0.2, 0.25) is 0 Å². The Balaban J connectivity index is 1.52. The Labute approximate surface area is 198 Å². The molecule has 5 rings (SSSR count). The van der Waals surface area contributed by atoms with Gasteiger partial charge in [-0.2, -0.15) is 13.2 Å². The minimum atomic E-state index is -4.57. The van der Waals surface area contributed by atoms with E-state index in [1.54, 1.807) is 24.5 Å². The second kappa shape index (κ2) is 8.72. The molecule has 5 aromatic rings. The largest absolute Gasteiger partial charge is 0.416 e. The first-order chi connectivity index (χ1) is 16.8. The SMILES string of the molecule is Cc1ccc(C(=O)Nc2cc(-n3ccnc3)cc(C(F)(F)F)c2)cc1-c1cncc2ccccc12. The van der Waals surface area contributed by atoms with Gasteiger partial charge in [0.1, 0.15) is 0 Å². The molecule has 1 amide bonds. The molecular formula is C27H19F3N4O. The van der Waals surface area contributed by atoms with Gasteiger partial charge >= 0.3 is 6.18 Å². The zero-order chi connectivity index (χ0) is 24.6. The molecule has 0 saturated carbocycles. The number of halogens is 3. The van der Waals surface area contributed by atoms with Gasteiger partial charge in [0.2, 0.25) is 0 Å². The van der Waals surface area contributed by atoms with Gasteiger partial charge in [0.05, 0.1) is 11.9 Å². The molecule has 0 aliphatic rings. The number of anilines is 1. The summed E-state index contributed by atoms with van der Waals surface area (Å²) < 4.78 is 42.0. The Bertz CT molecular complexity index is 1540. The van der Waals surface area contributed by atoms with E-state index >= 15 is 0 Å². The topological polar surface area (TPSA) is 59.8 Å². The van der Waals surface area contributed by atoms with E-state index in [9.17, 15) is 18.0 Å². The highest BCUT2D eigenvalue weighted by Crippen LogP contribution is 2.34.